The van der Waals surface area contributed by atoms with Gasteiger partial charge in [0.15, 0.2) is 6.29 Å². The van der Waals surface area contributed by atoms with Crippen molar-refractivity contribution in [3.63, 3.8) is 0 Å². The van der Waals surface area contributed by atoms with Crippen LogP contribution in [0.4, 0.5) is 5.69 Å². The van der Waals surface area contributed by atoms with E-state index in [0.29, 0.717) is 12.2 Å². The molecule has 0 saturated carbocycles. The minimum absolute atomic E-state index is 0.0605. The molecule has 1 aromatic carbocycles. The first-order valence-corrected chi connectivity index (χ1v) is 9.19. The molecule has 0 aromatic heterocycles. The highest BCUT2D eigenvalue weighted by Gasteiger charge is 2.17. The summed E-state index contributed by atoms with van der Waals surface area (Å²) in [6, 6.07) is 7.70. The van der Waals surface area contributed by atoms with Crippen LogP contribution in [0.5, 0.6) is 0 Å². The van der Waals surface area contributed by atoms with E-state index in [2.05, 4.69) is 11.0 Å². The Hall–Kier alpha value is -1.85. The number of carbonyl (C=O) groups excluding carboxylic acids is 1. The molecule has 2 aliphatic rings. The van der Waals surface area contributed by atoms with Crippen molar-refractivity contribution in [2.75, 3.05) is 37.8 Å². The molecule has 3 rings (SSSR count). The van der Waals surface area contributed by atoms with Crippen LogP contribution in [0.2, 0.25) is 0 Å². The molecule has 25 heavy (non-hydrogen) atoms. The van der Waals surface area contributed by atoms with Gasteiger partial charge < -0.3 is 19.1 Å². The number of esters is 1. The molecule has 136 valence electrons. The number of nitrogens with zero attached hydrogens (tertiary/aromatic N) is 1. The van der Waals surface area contributed by atoms with Crippen molar-refractivity contribution in [2.45, 2.75) is 38.9 Å². The molecule has 0 radical (unpaired) electrons. The van der Waals surface area contributed by atoms with Gasteiger partial charge in [0.25, 0.3) is 0 Å². The summed E-state index contributed by atoms with van der Waals surface area (Å²) in [6.07, 6.45) is 6.20. The van der Waals surface area contributed by atoms with Crippen molar-refractivity contribution < 1.29 is 19.0 Å². The maximum absolute atomic E-state index is 11.7. The van der Waals surface area contributed by atoms with Gasteiger partial charge in [0.2, 0.25) is 0 Å². The first-order chi connectivity index (χ1) is 12.3. The van der Waals surface area contributed by atoms with Gasteiger partial charge in [-0.2, -0.15) is 0 Å². The van der Waals surface area contributed by atoms with Gasteiger partial charge in [0, 0.05) is 25.2 Å². The molecule has 0 amide bonds. The van der Waals surface area contributed by atoms with E-state index in [1.807, 2.05) is 31.2 Å². The van der Waals surface area contributed by atoms with Gasteiger partial charge in [0.1, 0.15) is 0 Å². The van der Waals surface area contributed by atoms with Crippen molar-refractivity contribution in [2.24, 2.45) is 0 Å². The van der Waals surface area contributed by atoms with Gasteiger partial charge in [-0.05, 0) is 50.5 Å². The van der Waals surface area contributed by atoms with E-state index in [-0.39, 0.29) is 12.3 Å². The minimum Gasteiger partial charge on any atom is -0.462 e. The van der Waals surface area contributed by atoms with Gasteiger partial charge in [-0.15, -0.1) is 0 Å². The monoisotopic (exact) mass is 345 g/mol. The summed E-state index contributed by atoms with van der Waals surface area (Å²) in [4.78, 5) is 14.1. The Morgan fingerprint density at radius 1 is 1.20 bits per heavy atom. The van der Waals surface area contributed by atoms with E-state index < -0.39 is 0 Å². The first kappa shape index (κ1) is 18.0. The second-order valence-corrected chi connectivity index (χ2v) is 6.38. The van der Waals surface area contributed by atoms with Crippen LogP contribution < -0.4 is 4.90 Å². The molecule has 0 atom stereocenters. The zero-order valence-electron chi connectivity index (χ0n) is 14.9. The van der Waals surface area contributed by atoms with Gasteiger partial charge in [-0.1, -0.05) is 11.6 Å². The number of hydrogen-bond acceptors (Lipinski definition) is 5. The van der Waals surface area contributed by atoms with E-state index in [9.17, 15) is 4.79 Å². The summed E-state index contributed by atoms with van der Waals surface area (Å²) in [5.41, 5.74) is 3.25. The number of hydrogen-bond donors (Lipinski definition) is 0. The highest BCUT2D eigenvalue weighted by atomic mass is 16.7. The van der Waals surface area contributed by atoms with Crippen molar-refractivity contribution in [1.29, 1.82) is 0 Å². The topological polar surface area (TPSA) is 48.0 Å². The van der Waals surface area contributed by atoms with Crippen LogP contribution in [0.25, 0.3) is 0 Å². The predicted molar refractivity (Wildman–Crippen MR) is 96.9 cm³/mol. The van der Waals surface area contributed by atoms with E-state index >= 15 is 0 Å². The number of benzene rings is 1. The molecule has 2 heterocycles. The number of piperidine rings is 1. The molecule has 0 N–H and O–H groups in total. The molecule has 0 aliphatic carbocycles. The summed E-state index contributed by atoms with van der Waals surface area (Å²) < 4.78 is 16.2. The molecule has 0 unspecified atom stereocenters. The average Bonchev–Trinajstić information content (AvgIpc) is 2.68. The van der Waals surface area contributed by atoms with E-state index in [1.165, 1.54) is 5.57 Å². The summed E-state index contributed by atoms with van der Waals surface area (Å²) in [7, 11) is 0. The van der Waals surface area contributed by atoms with Crippen molar-refractivity contribution in [1.82, 2.24) is 0 Å². The number of anilines is 1. The Bertz CT molecular complexity index is 580. The molecular weight excluding hydrogens is 318 g/mol. The lowest BCUT2D eigenvalue weighted by atomic mass is 10.0. The molecule has 2 fully saturated rings. The second-order valence-electron chi connectivity index (χ2n) is 6.38. The fraction of sp³-hybridized carbons (Fsp3) is 0.550. The fourth-order valence-corrected chi connectivity index (χ4v) is 3.21. The predicted octanol–water partition coefficient (Wildman–Crippen LogP) is 3.54. The molecule has 1 aromatic rings. The first-order valence-electron chi connectivity index (χ1n) is 9.19. The fourth-order valence-electron chi connectivity index (χ4n) is 3.21. The Kier molecular flexibility index (Phi) is 6.48. The summed E-state index contributed by atoms with van der Waals surface area (Å²) in [6.45, 7) is 5.83. The molecule has 2 aliphatic heterocycles. The lowest BCUT2D eigenvalue weighted by Gasteiger charge is -2.31. The molecule has 5 nitrogen and oxygen atoms in total. The third-order valence-electron chi connectivity index (χ3n) is 4.64. The van der Waals surface area contributed by atoms with Crippen LogP contribution in [-0.2, 0) is 14.2 Å². The highest BCUT2D eigenvalue weighted by Crippen LogP contribution is 2.24. The zero-order valence-corrected chi connectivity index (χ0v) is 14.9. The van der Waals surface area contributed by atoms with Crippen LogP contribution in [0.1, 0.15) is 43.0 Å². The standard InChI is InChI=1S/C20H27NO4/c1-2-23-20(22)17-5-7-18(8-6-17)21-12-10-16(11-13-21)4-9-19-24-14-3-15-25-19/h4-8,19H,2-3,9-15H2,1H3. The maximum Gasteiger partial charge on any atom is 0.338 e. The highest BCUT2D eigenvalue weighted by molar-refractivity contribution is 5.89. The van der Waals surface area contributed by atoms with Gasteiger partial charge >= 0.3 is 5.97 Å². The van der Waals surface area contributed by atoms with Crippen LogP contribution in [0, 0.1) is 0 Å². The number of ether oxygens (including phenoxy) is 3. The van der Waals surface area contributed by atoms with Gasteiger partial charge in [-0.25, -0.2) is 4.79 Å². The van der Waals surface area contributed by atoms with Gasteiger partial charge in [0.05, 0.1) is 25.4 Å². The molecular formula is C20H27NO4. The summed E-state index contributed by atoms with van der Waals surface area (Å²) >= 11 is 0. The van der Waals surface area contributed by atoms with E-state index in [0.717, 1.165) is 57.7 Å². The van der Waals surface area contributed by atoms with Crippen LogP contribution in [0.15, 0.2) is 35.9 Å². The van der Waals surface area contributed by atoms with Crippen LogP contribution in [0.3, 0.4) is 0 Å². The second kappa shape index (κ2) is 9.02. The van der Waals surface area contributed by atoms with Crippen LogP contribution >= 0.6 is 0 Å². The molecule has 2 saturated heterocycles. The van der Waals surface area contributed by atoms with Crippen molar-refractivity contribution in [3.8, 4) is 0 Å². The quantitative estimate of drug-likeness (QED) is 0.603. The van der Waals surface area contributed by atoms with E-state index in [4.69, 9.17) is 14.2 Å². The lowest BCUT2D eigenvalue weighted by molar-refractivity contribution is -0.175. The average molecular weight is 345 g/mol. The Morgan fingerprint density at radius 3 is 2.52 bits per heavy atom. The SMILES string of the molecule is CCOC(=O)c1ccc(N2CCC(=CCC3OCCCO3)CC2)cc1. The number of rotatable bonds is 5. The lowest BCUT2D eigenvalue weighted by Crippen LogP contribution is -2.30. The maximum atomic E-state index is 11.7. The number of carbonyl (C=O) groups is 1. The third kappa shape index (κ3) is 5.06. The van der Waals surface area contributed by atoms with Crippen molar-refractivity contribution >= 4 is 11.7 Å². The molecule has 0 bridgehead atoms. The zero-order chi connectivity index (χ0) is 17.5. The summed E-state index contributed by atoms with van der Waals surface area (Å²) in [5.74, 6) is -0.259. The Balaban J connectivity index is 1.49. The van der Waals surface area contributed by atoms with Crippen molar-refractivity contribution in [3.05, 3.63) is 41.5 Å². The summed E-state index contributed by atoms with van der Waals surface area (Å²) in [5, 5.41) is 0. The Labute approximate surface area is 149 Å². The third-order valence-corrected chi connectivity index (χ3v) is 4.64. The van der Waals surface area contributed by atoms with Crippen LogP contribution in [-0.4, -0.2) is 45.2 Å². The minimum atomic E-state index is -0.259. The van der Waals surface area contributed by atoms with E-state index in [1.54, 1.807) is 0 Å². The molecule has 5 heteroatoms. The largest absolute Gasteiger partial charge is 0.462 e. The Morgan fingerprint density at radius 2 is 1.88 bits per heavy atom. The van der Waals surface area contributed by atoms with Gasteiger partial charge in [-0.3, -0.25) is 0 Å². The molecule has 0 spiro atoms. The smallest absolute Gasteiger partial charge is 0.338 e. The normalized spacial score (nSPS) is 18.9.